The average Bonchev–Trinajstić information content (AvgIpc) is 3.81. The van der Waals surface area contributed by atoms with Gasteiger partial charge in [0.15, 0.2) is 11.2 Å². The second-order valence-electron chi connectivity index (χ2n) is 12.4. The molecule has 0 bridgehead atoms. The summed E-state index contributed by atoms with van der Waals surface area (Å²) in [5.41, 5.74) is 10.4. The first kappa shape index (κ1) is 28.2. The lowest BCUT2D eigenvalue weighted by Gasteiger charge is -2.25. The molecule has 2 aromatic heterocycles. The van der Waals surface area contributed by atoms with Crippen molar-refractivity contribution >= 4 is 77.9 Å². The number of hydrogen-bond donors (Lipinski definition) is 0. The molecule has 5 nitrogen and oxygen atoms in total. The molecule has 50 heavy (non-hydrogen) atoms. The van der Waals surface area contributed by atoms with Crippen LogP contribution in [0.15, 0.2) is 185 Å². The monoisotopic (exact) mass is 643 g/mol. The van der Waals surface area contributed by atoms with Gasteiger partial charge in [-0.3, -0.25) is 0 Å². The quantitative estimate of drug-likeness (QED) is 0.162. The Morgan fingerprint density at radius 2 is 0.920 bits per heavy atom. The van der Waals surface area contributed by atoms with Gasteiger partial charge in [0.2, 0.25) is 5.89 Å². The molecule has 0 N–H and O–H groups in total. The van der Waals surface area contributed by atoms with Crippen molar-refractivity contribution in [2.45, 2.75) is 0 Å². The molecule has 0 amide bonds. The van der Waals surface area contributed by atoms with Crippen LogP contribution in [0.25, 0.3) is 55.3 Å². The third-order valence-corrected chi connectivity index (χ3v) is 9.42. The average molecular weight is 644 g/mol. The Hall–Kier alpha value is -6.85. The Labute approximate surface area is 288 Å². The summed E-state index contributed by atoms with van der Waals surface area (Å²) in [4.78, 5) is 9.62. The van der Waals surface area contributed by atoms with Crippen LogP contribution in [0, 0.1) is 0 Å². The number of furan rings is 1. The fourth-order valence-electron chi connectivity index (χ4n) is 7.21. The maximum absolute atomic E-state index is 6.72. The summed E-state index contributed by atoms with van der Waals surface area (Å²) < 4.78 is 13.4. The number of nitrogens with zero attached hydrogens (tertiary/aromatic N) is 3. The SMILES string of the molecule is c1ccc(N(c2ccccc2)c2ccc(-c3nc4c5cccc6oc7c(N(c8ccccc8)c8ccccc8)ccc(c4o3)c7c65)cc2)cc1. The number of para-hydroxylation sites is 4. The highest BCUT2D eigenvalue weighted by Crippen LogP contribution is 2.48. The molecule has 0 fully saturated rings. The van der Waals surface area contributed by atoms with Gasteiger partial charge in [0.05, 0.1) is 5.69 Å². The molecule has 10 aromatic rings. The highest BCUT2D eigenvalue weighted by molar-refractivity contribution is 6.33. The van der Waals surface area contributed by atoms with Crippen LogP contribution >= 0.6 is 0 Å². The van der Waals surface area contributed by atoms with E-state index in [-0.39, 0.29) is 0 Å². The van der Waals surface area contributed by atoms with E-state index >= 15 is 0 Å². The first-order chi connectivity index (χ1) is 24.8. The molecule has 0 aliphatic heterocycles. The van der Waals surface area contributed by atoms with Crippen molar-refractivity contribution in [2.24, 2.45) is 0 Å². The first-order valence-corrected chi connectivity index (χ1v) is 16.7. The molecule has 0 unspecified atom stereocenters. The smallest absolute Gasteiger partial charge is 0.227 e. The van der Waals surface area contributed by atoms with Gasteiger partial charge in [-0.05, 0) is 91.0 Å². The minimum Gasteiger partial charge on any atom is -0.454 e. The molecule has 236 valence electrons. The van der Waals surface area contributed by atoms with Gasteiger partial charge in [0.1, 0.15) is 11.1 Å². The largest absolute Gasteiger partial charge is 0.454 e. The highest BCUT2D eigenvalue weighted by Gasteiger charge is 2.26. The standard InChI is InChI=1S/C45H29N3O2/c1-5-14-31(15-6-1)47(32-16-7-2-8-17-32)35-26-24-30(25-27-35)45-46-42-36-22-13-23-39-40(36)41-37(43(42)50-45)28-29-38(44(41)49-39)48(33-18-9-3-10-19-33)34-20-11-4-12-21-34/h1-29H. The normalized spacial score (nSPS) is 11.6. The molecule has 0 aliphatic carbocycles. The molecule has 5 heteroatoms. The van der Waals surface area contributed by atoms with Gasteiger partial charge in [0.25, 0.3) is 0 Å². The summed E-state index contributed by atoms with van der Waals surface area (Å²) in [5, 5.41) is 4.09. The molecule has 0 saturated carbocycles. The van der Waals surface area contributed by atoms with Crippen molar-refractivity contribution in [3.05, 3.63) is 176 Å². The van der Waals surface area contributed by atoms with Gasteiger partial charge >= 0.3 is 0 Å². The lowest BCUT2D eigenvalue weighted by molar-refractivity contribution is 0.623. The van der Waals surface area contributed by atoms with Gasteiger partial charge < -0.3 is 18.6 Å². The van der Waals surface area contributed by atoms with Gasteiger partial charge in [-0.2, -0.15) is 0 Å². The summed E-state index contributed by atoms with van der Waals surface area (Å²) in [6.45, 7) is 0. The number of anilines is 6. The number of fused-ring (bicyclic) bond motifs is 3. The Kier molecular flexibility index (Phi) is 6.42. The number of hydrogen-bond acceptors (Lipinski definition) is 5. The molecule has 0 spiro atoms. The Morgan fingerprint density at radius 1 is 0.380 bits per heavy atom. The molecule has 0 atom stereocenters. The van der Waals surface area contributed by atoms with Crippen molar-refractivity contribution in [1.82, 2.24) is 4.98 Å². The summed E-state index contributed by atoms with van der Waals surface area (Å²) in [5.74, 6) is 0.582. The second-order valence-corrected chi connectivity index (χ2v) is 12.4. The predicted octanol–water partition coefficient (Wildman–Crippen LogP) is 12.9. The van der Waals surface area contributed by atoms with Gasteiger partial charge in [0, 0.05) is 55.5 Å². The van der Waals surface area contributed by atoms with Crippen molar-refractivity contribution in [2.75, 3.05) is 9.80 Å². The van der Waals surface area contributed by atoms with E-state index in [9.17, 15) is 0 Å². The molecule has 10 rings (SSSR count). The van der Waals surface area contributed by atoms with E-state index in [4.69, 9.17) is 13.8 Å². The van der Waals surface area contributed by atoms with Gasteiger partial charge in [-0.1, -0.05) is 84.9 Å². The summed E-state index contributed by atoms with van der Waals surface area (Å²) in [7, 11) is 0. The lowest BCUT2D eigenvalue weighted by atomic mass is 9.99. The van der Waals surface area contributed by atoms with Crippen LogP contribution < -0.4 is 9.80 Å². The van der Waals surface area contributed by atoms with E-state index < -0.39 is 0 Å². The Balaban J connectivity index is 1.13. The van der Waals surface area contributed by atoms with E-state index in [0.717, 1.165) is 83.5 Å². The van der Waals surface area contributed by atoms with Crippen LogP contribution in [0.4, 0.5) is 34.1 Å². The summed E-state index contributed by atoms with van der Waals surface area (Å²) in [6, 6.07) is 60.5. The molecular formula is C45H29N3O2. The van der Waals surface area contributed by atoms with Crippen molar-refractivity contribution in [3.8, 4) is 11.5 Å². The molecule has 0 aliphatic rings. The van der Waals surface area contributed by atoms with Crippen LogP contribution in [0.3, 0.4) is 0 Å². The van der Waals surface area contributed by atoms with Crippen LogP contribution in [-0.4, -0.2) is 4.98 Å². The number of aromatic nitrogens is 1. The molecule has 8 aromatic carbocycles. The van der Waals surface area contributed by atoms with Crippen LogP contribution in [0.1, 0.15) is 0 Å². The number of rotatable bonds is 7. The van der Waals surface area contributed by atoms with E-state index in [1.54, 1.807) is 0 Å². The molecule has 0 saturated heterocycles. The maximum atomic E-state index is 6.72. The fraction of sp³-hybridized carbons (Fsp3) is 0. The van der Waals surface area contributed by atoms with Gasteiger partial charge in [-0.15, -0.1) is 0 Å². The van der Waals surface area contributed by atoms with Crippen molar-refractivity contribution in [1.29, 1.82) is 0 Å². The first-order valence-electron chi connectivity index (χ1n) is 16.7. The van der Waals surface area contributed by atoms with E-state index in [2.05, 4.69) is 149 Å². The number of oxazole rings is 1. The lowest BCUT2D eigenvalue weighted by Crippen LogP contribution is -2.09. The maximum Gasteiger partial charge on any atom is 0.227 e. The Bertz CT molecular complexity index is 2660. The van der Waals surface area contributed by atoms with E-state index in [1.807, 2.05) is 36.4 Å². The zero-order valence-corrected chi connectivity index (χ0v) is 26.9. The van der Waals surface area contributed by atoms with Crippen LogP contribution in [-0.2, 0) is 0 Å². The van der Waals surface area contributed by atoms with Crippen LogP contribution in [0.5, 0.6) is 0 Å². The predicted molar refractivity (Wildman–Crippen MR) is 205 cm³/mol. The summed E-state index contributed by atoms with van der Waals surface area (Å²) in [6.07, 6.45) is 0. The zero-order valence-electron chi connectivity index (χ0n) is 26.9. The molecule has 2 heterocycles. The third-order valence-electron chi connectivity index (χ3n) is 9.42. The molecular weight excluding hydrogens is 615 g/mol. The van der Waals surface area contributed by atoms with E-state index in [0.29, 0.717) is 5.89 Å². The minimum atomic E-state index is 0.582. The highest BCUT2D eigenvalue weighted by atomic mass is 16.4. The third kappa shape index (κ3) is 4.45. The Morgan fingerprint density at radius 3 is 1.50 bits per heavy atom. The van der Waals surface area contributed by atoms with Crippen molar-refractivity contribution in [3.63, 3.8) is 0 Å². The second kappa shape index (κ2) is 11.4. The minimum absolute atomic E-state index is 0.582. The molecule has 0 radical (unpaired) electrons. The van der Waals surface area contributed by atoms with Crippen molar-refractivity contribution < 1.29 is 8.83 Å². The van der Waals surface area contributed by atoms with Crippen LogP contribution in [0.2, 0.25) is 0 Å². The van der Waals surface area contributed by atoms with Gasteiger partial charge in [-0.25, -0.2) is 4.98 Å². The fourth-order valence-corrected chi connectivity index (χ4v) is 7.21. The van der Waals surface area contributed by atoms with E-state index in [1.165, 1.54) is 0 Å². The zero-order chi connectivity index (χ0) is 33.0. The topological polar surface area (TPSA) is 45.7 Å². The number of benzene rings is 8. The summed E-state index contributed by atoms with van der Waals surface area (Å²) >= 11 is 0.